The first-order chi connectivity index (χ1) is 12.6. The first kappa shape index (κ1) is 18.5. The molecule has 2 N–H and O–H groups in total. The van der Waals surface area contributed by atoms with Crippen molar-refractivity contribution in [1.82, 2.24) is 5.32 Å². The average molecular weight is 378 g/mol. The van der Waals surface area contributed by atoms with Gasteiger partial charge in [0.2, 0.25) is 0 Å². The summed E-state index contributed by atoms with van der Waals surface area (Å²) in [5.41, 5.74) is 1.90. The Bertz CT molecular complexity index is 735. The van der Waals surface area contributed by atoms with Crippen molar-refractivity contribution in [3.63, 3.8) is 0 Å². The van der Waals surface area contributed by atoms with E-state index in [1.807, 2.05) is 30.0 Å². The summed E-state index contributed by atoms with van der Waals surface area (Å²) in [4.78, 5) is 12.6. The third kappa shape index (κ3) is 5.11. The van der Waals surface area contributed by atoms with Gasteiger partial charge in [-0.1, -0.05) is 12.1 Å². The van der Waals surface area contributed by atoms with Crippen molar-refractivity contribution in [2.24, 2.45) is 0 Å². The highest BCUT2D eigenvalue weighted by Gasteiger charge is 2.18. The summed E-state index contributed by atoms with van der Waals surface area (Å²) in [6.07, 6.45) is 1.97. The Morgan fingerprint density at radius 3 is 2.46 bits per heavy atom. The molecule has 4 nitrogen and oxygen atoms in total. The SMILES string of the molecule is O=C(NC1CCSCC1)c1ccccc1Nc1ccc(OC(F)F)cc1. The molecule has 26 heavy (non-hydrogen) atoms. The molecule has 1 fully saturated rings. The van der Waals surface area contributed by atoms with E-state index in [-0.39, 0.29) is 17.7 Å². The van der Waals surface area contributed by atoms with E-state index >= 15 is 0 Å². The van der Waals surface area contributed by atoms with Crippen LogP contribution in [-0.2, 0) is 0 Å². The molecule has 0 aromatic heterocycles. The monoisotopic (exact) mass is 378 g/mol. The molecule has 1 aliphatic heterocycles. The van der Waals surface area contributed by atoms with Crippen LogP contribution in [0.1, 0.15) is 23.2 Å². The highest BCUT2D eigenvalue weighted by atomic mass is 32.2. The number of ether oxygens (including phenoxy) is 1. The van der Waals surface area contributed by atoms with Gasteiger partial charge in [-0.25, -0.2) is 0 Å². The maximum atomic E-state index is 12.6. The van der Waals surface area contributed by atoms with Crippen LogP contribution in [0.5, 0.6) is 5.75 Å². The number of halogens is 2. The molecule has 1 saturated heterocycles. The lowest BCUT2D eigenvalue weighted by atomic mass is 10.1. The lowest BCUT2D eigenvalue weighted by Crippen LogP contribution is -2.37. The standard InChI is InChI=1S/C19H20F2N2O2S/c20-19(21)25-15-7-5-13(6-8-15)22-17-4-2-1-3-16(17)18(24)23-14-9-11-26-12-10-14/h1-8,14,19,22H,9-12H2,(H,23,24). The number of alkyl halides is 2. The van der Waals surface area contributed by atoms with E-state index in [0.717, 1.165) is 24.3 Å². The van der Waals surface area contributed by atoms with Gasteiger partial charge in [0.1, 0.15) is 5.75 Å². The Hall–Kier alpha value is -2.28. The molecule has 1 aliphatic rings. The maximum Gasteiger partial charge on any atom is 0.387 e. The molecule has 7 heteroatoms. The highest BCUT2D eigenvalue weighted by molar-refractivity contribution is 7.99. The molecule has 2 aromatic carbocycles. The van der Waals surface area contributed by atoms with Gasteiger partial charge in [0.05, 0.1) is 11.3 Å². The van der Waals surface area contributed by atoms with Crippen LogP contribution in [0, 0.1) is 0 Å². The van der Waals surface area contributed by atoms with E-state index in [2.05, 4.69) is 15.4 Å². The summed E-state index contributed by atoms with van der Waals surface area (Å²) in [6, 6.07) is 13.6. The zero-order chi connectivity index (χ0) is 18.4. The van der Waals surface area contributed by atoms with Gasteiger partial charge in [-0.3, -0.25) is 4.79 Å². The fourth-order valence-corrected chi connectivity index (χ4v) is 3.88. The number of carbonyl (C=O) groups is 1. The highest BCUT2D eigenvalue weighted by Crippen LogP contribution is 2.24. The number of nitrogens with one attached hydrogen (secondary N) is 2. The van der Waals surface area contributed by atoms with E-state index < -0.39 is 6.61 Å². The molecule has 0 radical (unpaired) electrons. The van der Waals surface area contributed by atoms with E-state index in [0.29, 0.717) is 16.9 Å². The van der Waals surface area contributed by atoms with Crippen molar-refractivity contribution >= 4 is 29.0 Å². The Kier molecular flexibility index (Phi) is 6.33. The largest absolute Gasteiger partial charge is 0.435 e. The van der Waals surface area contributed by atoms with E-state index in [1.165, 1.54) is 12.1 Å². The minimum atomic E-state index is -2.85. The molecule has 0 atom stereocenters. The Labute approximate surface area is 155 Å². The fourth-order valence-electron chi connectivity index (χ4n) is 2.77. The number of carbonyl (C=O) groups excluding carboxylic acids is 1. The number of hydrogen-bond acceptors (Lipinski definition) is 4. The van der Waals surface area contributed by atoms with Crippen LogP contribution in [0.4, 0.5) is 20.2 Å². The van der Waals surface area contributed by atoms with Crippen LogP contribution in [0.2, 0.25) is 0 Å². The summed E-state index contributed by atoms with van der Waals surface area (Å²) < 4.78 is 28.8. The normalized spacial score (nSPS) is 14.9. The molecule has 0 aliphatic carbocycles. The third-order valence-corrected chi connectivity index (χ3v) is 5.14. The summed E-state index contributed by atoms with van der Waals surface area (Å²) in [7, 11) is 0. The first-order valence-corrected chi connectivity index (χ1v) is 9.57. The predicted molar refractivity (Wildman–Crippen MR) is 101 cm³/mol. The van der Waals surface area contributed by atoms with Crippen LogP contribution in [0.15, 0.2) is 48.5 Å². The molecular weight excluding hydrogens is 358 g/mol. The van der Waals surface area contributed by atoms with E-state index in [4.69, 9.17) is 0 Å². The summed E-state index contributed by atoms with van der Waals surface area (Å²) in [5, 5.41) is 6.26. The van der Waals surface area contributed by atoms with E-state index in [9.17, 15) is 13.6 Å². The number of anilines is 2. The Balaban J connectivity index is 1.69. The summed E-state index contributed by atoms with van der Waals surface area (Å²) >= 11 is 1.91. The van der Waals surface area contributed by atoms with Crippen LogP contribution in [-0.4, -0.2) is 30.1 Å². The van der Waals surface area contributed by atoms with Gasteiger partial charge in [-0.2, -0.15) is 20.5 Å². The molecule has 0 saturated carbocycles. The molecular formula is C19H20F2N2O2S. The van der Waals surface area contributed by atoms with Crippen molar-refractivity contribution in [2.75, 3.05) is 16.8 Å². The van der Waals surface area contributed by atoms with Crippen molar-refractivity contribution in [1.29, 1.82) is 0 Å². The van der Waals surface area contributed by atoms with Gasteiger partial charge in [0.25, 0.3) is 5.91 Å². The van der Waals surface area contributed by atoms with Crippen LogP contribution >= 0.6 is 11.8 Å². The lowest BCUT2D eigenvalue weighted by molar-refractivity contribution is -0.0498. The molecule has 3 rings (SSSR count). The van der Waals surface area contributed by atoms with Gasteiger partial charge in [0.15, 0.2) is 0 Å². The minimum absolute atomic E-state index is 0.0896. The van der Waals surface area contributed by atoms with Crippen molar-refractivity contribution in [3.05, 3.63) is 54.1 Å². The van der Waals surface area contributed by atoms with Crippen molar-refractivity contribution < 1.29 is 18.3 Å². The molecule has 0 spiro atoms. The van der Waals surface area contributed by atoms with Crippen LogP contribution in [0.25, 0.3) is 0 Å². The summed E-state index contributed by atoms with van der Waals surface area (Å²) in [6.45, 7) is -2.85. The lowest BCUT2D eigenvalue weighted by Gasteiger charge is -2.23. The molecule has 0 unspecified atom stereocenters. The molecule has 1 amide bonds. The number of para-hydroxylation sites is 1. The second kappa shape index (κ2) is 8.89. The van der Waals surface area contributed by atoms with Crippen molar-refractivity contribution in [3.8, 4) is 5.75 Å². The average Bonchev–Trinajstić information content (AvgIpc) is 2.64. The van der Waals surface area contributed by atoms with Gasteiger partial charge in [-0.05, 0) is 60.7 Å². The Morgan fingerprint density at radius 2 is 1.77 bits per heavy atom. The number of hydrogen-bond donors (Lipinski definition) is 2. The zero-order valence-electron chi connectivity index (χ0n) is 14.1. The van der Waals surface area contributed by atoms with Gasteiger partial charge in [-0.15, -0.1) is 0 Å². The molecule has 138 valence electrons. The minimum Gasteiger partial charge on any atom is -0.435 e. The zero-order valence-corrected chi connectivity index (χ0v) is 14.9. The number of thioether (sulfide) groups is 1. The summed E-state index contributed by atoms with van der Waals surface area (Å²) in [5.74, 6) is 2.12. The number of rotatable bonds is 6. The quantitative estimate of drug-likeness (QED) is 0.768. The maximum absolute atomic E-state index is 12.6. The first-order valence-electron chi connectivity index (χ1n) is 8.41. The smallest absolute Gasteiger partial charge is 0.387 e. The van der Waals surface area contributed by atoms with Gasteiger partial charge < -0.3 is 15.4 Å². The predicted octanol–water partition coefficient (Wildman–Crippen LogP) is 4.66. The second-order valence-electron chi connectivity index (χ2n) is 5.93. The van der Waals surface area contributed by atoms with Gasteiger partial charge in [0, 0.05) is 11.7 Å². The Morgan fingerprint density at radius 1 is 1.08 bits per heavy atom. The number of benzene rings is 2. The second-order valence-corrected chi connectivity index (χ2v) is 7.16. The third-order valence-electron chi connectivity index (χ3n) is 4.09. The number of amides is 1. The van der Waals surface area contributed by atoms with Crippen LogP contribution in [0.3, 0.4) is 0 Å². The molecule has 2 aromatic rings. The topological polar surface area (TPSA) is 50.4 Å². The van der Waals surface area contributed by atoms with Crippen molar-refractivity contribution in [2.45, 2.75) is 25.5 Å². The van der Waals surface area contributed by atoms with E-state index in [1.54, 1.807) is 18.2 Å². The van der Waals surface area contributed by atoms with Gasteiger partial charge >= 0.3 is 6.61 Å². The van der Waals surface area contributed by atoms with Crippen LogP contribution < -0.4 is 15.4 Å². The fraction of sp³-hybridized carbons (Fsp3) is 0.316. The molecule has 1 heterocycles. The molecule has 0 bridgehead atoms.